The Bertz CT molecular complexity index is 1470. The van der Waals surface area contributed by atoms with Gasteiger partial charge in [0, 0.05) is 33.7 Å². The molecule has 2 amide bonds. The fourth-order valence-electron chi connectivity index (χ4n) is 3.98. The summed E-state index contributed by atoms with van der Waals surface area (Å²) in [6, 6.07) is 16.1. The number of nitrogens with one attached hydrogen (secondary N) is 1. The van der Waals surface area contributed by atoms with E-state index in [9.17, 15) is 18.0 Å². The first-order valence-electron chi connectivity index (χ1n) is 12.8. The quantitative estimate of drug-likeness (QED) is 0.261. The summed E-state index contributed by atoms with van der Waals surface area (Å²) < 4.78 is 34.3. The average molecular weight is 641 g/mol. The molecular weight excluding hydrogens is 609 g/mol. The molecular formula is C29H32Cl3N3O5S. The van der Waals surface area contributed by atoms with E-state index in [0.29, 0.717) is 22.2 Å². The third kappa shape index (κ3) is 8.07. The molecule has 0 fully saturated rings. The Hall–Kier alpha value is -2.98. The van der Waals surface area contributed by atoms with Crippen LogP contribution in [0.4, 0.5) is 5.69 Å². The van der Waals surface area contributed by atoms with E-state index in [1.165, 1.54) is 36.3 Å². The summed E-state index contributed by atoms with van der Waals surface area (Å²) in [6.45, 7) is 5.04. The van der Waals surface area contributed by atoms with Gasteiger partial charge in [-0.1, -0.05) is 72.9 Å². The van der Waals surface area contributed by atoms with Gasteiger partial charge < -0.3 is 15.0 Å². The molecule has 0 spiro atoms. The molecule has 1 atom stereocenters. The van der Waals surface area contributed by atoms with Crippen LogP contribution in [0.15, 0.2) is 71.6 Å². The SMILES string of the molecule is COc1ccc(Cl)cc1N(CC(=O)N(Cc1c(Cl)cccc1Cl)[C@@H](C)C(=O)NCC(C)C)S(=O)(=O)c1ccccc1. The number of nitrogens with zero attached hydrogens (tertiary/aromatic N) is 2. The molecule has 0 saturated carbocycles. The van der Waals surface area contributed by atoms with Crippen LogP contribution in [0.5, 0.6) is 5.75 Å². The maximum absolute atomic E-state index is 14.1. The lowest BCUT2D eigenvalue weighted by Crippen LogP contribution is -2.51. The number of methoxy groups -OCH3 is 1. The molecule has 3 aromatic rings. The molecule has 12 heteroatoms. The van der Waals surface area contributed by atoms with Gasteiger partial charge >= 0.3 is 0 Å². The van der Waals surface area contributed by atoms with Gasteiger partial charge in [-0.2, -0.15) is 0 Å². The molecule has 0 aliphatic rings. The summed E-state index contributed by atoms with van der Waals surface area (Å²) in [5.74, 6) is -0.719. The predicted molar refractivity (Wildman–Crippen MR) is 163 cm³/mol. The predicted octanol–water partition coefficient (Wildman–Crippen LogP) is 6.04. The van der Waals surface area contributed by atoms with Crippen LogP contribution in [0.2, 0.25) is 15.1 Å². The Kier molecular flexibility index (Phi) is 11.3. The zero-order chi connectivity index (χ0) is 30.3. The third-order valence-corrected chi connectivity index (χ3v) is 8.98. The average Bonchev–Trinajstić information content (AvgIpc) is 2.94. The lowest BCUT2D eigenvalue weighted by Gasteiger charge is -2.32. The molecule has 3 aromatic carbocycles. The second-order valence-electron chi connectivity index (χ2n) is 9.68. The Morgan fingerprint density at radius 2 is 1.56 bits per heavy atom. The number of carbonyl (C=O) groups is 2. The van der Waals surface area contributed by atoms with Crippen LogP contribution < -0.4 is 14.4 Å². The highest BCUT2D eigenvalue weighted by molar-refractivity contribution is 7.92. The van der Waals surface area contributed by atoms with Gasteiger partial charge in [-0.3, -0.25) is 13.9 Å². The number of anilines is 1. The van der Waals surface area contributed by atoms with E-state index >= 15 is 0 Å². The number of rotatable bonds is 12. The van der Waals surface area contributed by atoms with Crippen LogP contribution in [0.1, 0.15) is 26.3 Å². The zero-order valence-electron chi connectivity index (χ0n) is 23.1. The van der Waals surface area contributed by atoms with Crippen LogP contribution in [-0.2, 0) is 26.2 Å². The van der Waals surface area contributed by atoms with Gasteiger partial charge in [0.2, 0.25) is 11.8 Å². The van der Waals surface area contributed by atoms with Crippen molar-refractivity contribution in [1.82, 2.24) is 10.2 Å². The number of halogens is 3. The maximum atomic E-state index is 14.1. The Balaban J connectivity index is 2.11. The van der Waals surface area contributed by atoms with Crippen molar-refractivity contribution in [3.63, 3.8) is 0 Å². The van der Waals surface area contributed by atoms with Gasteiger partial charge in [0.1, 0.15) is 18.3 Å². The van der Waals surface area contributed by atoms with Crippen molar-refractivity contribution in [1.29, 1.82) is 0 Å². The fourth-order valence-corrected chi connectivity index (χ4v) is 6.10. The normalized spacial score (nSPS) is 12.1. The van der Waals surface area contributed by atoms with E-state index in [1.54, 1.807) is 49.4 Å². The lowest BCUT2D eigenvalue weighted by atomic mass is 10.1. The molecule has 41 heavy (non-hydrogen) atoms. The summed E-state index contributed by atoms with van der Waals surface area (Å²) in [6.07, 6.45) is 0. The fraction of sp³-hybridized carbons (Fsp3) is 0.310. The Labute approximate surface area is 256 Å². The van der Waals surface area contributed by atoms with E-state index in [2.05, 4.69) is 5.32 Å². The number of ether oxygens (including phenoxy) is 1. The smallest absolute Gasteiger partial charge is 0.264 e. The third-order valence-electron chi connectivity index (χ3n) is 6.26. The second-order valence-corrected chi connectivity index (χ2v) is 12.8. The number of carbonyl (C=O) groups excluding carboxylic acids is 2. The molecule has 8 nitrogen and oxygen atoms in total. The Morgan fingerprint density at radius 3 is 2.15 bits per heavy atom. The molecule has 0 aromatic heterocycles. The van der Waals surface area contributed by atoms with E-state index in [4.69, 9.17) is 39.5 Å². The van der Waals surface area contributed by atoms with Gasteiger partial charge in [0.25, 0.3) is 10.0 Å². The van der Waals surface area contributed by atoms with Crippen molar-refractivity contribution < 1.29 is 22.7 Å². The van der Waals surface area contributed by atoms with E-state index in [1.807, 2.05) is 13.8 Å². The standard InChI is InChI=1S/C29H32Cl3N3O5S/c1-19(2)16-33-29(37)20(3)34(17-23-24(31)11-8-12-25(23)32)28(36)18-35(26-15-21(30)13-14-27(26)40-4)41(38,39)22-9-6-5-7-10-22/h5-15,19-20H,16-18H2,1-4H3,(H,33,37)/t20-/m0/s1. The molecule has 0 saturated heterocycles. The number of hydrogen-bond donors (Lipinski definition) is 1. The van der Waals surface area contributed by atoms with E-state index < -0.39 is 34.4 Å². The van der Waals surface area contributed by atoms with Crippen LogP contribution >= 0.6 is 34.8 Å². The van der Waals surface area contributed by atoms with Gasteiger partial charge in [0.15, 0.2) is 0 Å². The van der Waals surface area contributed by atoms with Crippen molar-refractivity contribution >= 4 is 62.3 Å². The molecule has 0 radical (unpaired) electrons. The first-order chi connectivity index (χ1) is 19.4. The van der Waals surface area contributed by atoms with Crippen molar-refractivity contribution in [3.8, 4) is 5.75 Å². The topological polar surface area (TPSA) is 96.0 Å². The molecule has 1 N–H and O–H groups in total. The minimum absolute atomic E-state index is 0.0433. The van der Waals surface area contributed by atoms with E-state index in [0.717, 1.165) is 4.31 Å². The summed E-state index contributed by atoms with van der Waals surface area (Å²) in [5, 5.41) is 3.67. The molecule has 0 bridgehead atoms. The summed E-state index contributed by atoms with van der Waals surface area (Å²) in [7, 11) is -2.91. The highest BCUT2D eigenvalue weighted by atomic mass is 35.5. The number of amides is 2. The number of hydrogen-bond acceptors (Lipinski definition) is 5. The van der Waals surface area contributed by atoms with E-state index in [-0.39, 0.29) is 33.8 Å². The largest absolute Gasteiger partial charge is 0.495 e. The minimum Gasteiger partial charge on any atom is -0.495 e. The highest BCUT2D eigenvalue weighted by Gasteiger charge is 2.34. The van der Waals surface area contributed by atoms with Gasteiger partial charge in [-0.15, -0.1) is 0 Å². The minimum atomic E-state index is -4.29. The van der Waals surface area contributed by atoms with Crippen molar-refractivity contribution in [2.45, 2.75) is 38.3 Å². The lowest BCUT2D eigenvalue weighted by molar-refractivity contribution is -0.139. The molecule has 3 rings (SSSR count). The van der Waals surface area contributed by atoms with Crippen LogP contribution in [0.3, 0.4) is 0 Å². The maximum Gasteiger partial charge on any atom is 0.264 e. The first kappa shape index (κ1) is 32.5. The van der Waals surface area contributed by atoms with Crippen molar-refractivity contribution in [2.24, 2.45) is 5.92 Å². The molecule has 0 aliphatic carbocycles. The molecule has 220 valence electrons. The zero-order valence-corrected chi connectivity index (χ0v) is 26.2. The number of benzene rings is 3. The van der Waals surface area contributed by atoms with Crippen LogP contribution in [0, 0.1) is 5.92 Å². The summed E-state index contributed by atoms with van der Waals surface area (Å²) in [5.41, 5.74) is 0.482. The first-order valence-corrected chi connectivity index (χ1v) is 15.4. The second kappa shape index (κ2) is 14.3. The van der Waals surface area contributed by atoms with Gasteiger partial charge in [0.05, 0.1) is 17.7 Å². The summed E-state index contributed by atoms with van der Waals surface area (Å²) in [4.78, 5) is 28.4. The van der Waals surface area contributed by atoms with Gasteiger partial charge in [-0.25, -0.2) is 8.42 Å². The number of sulfonamides is 1. The van der Waals surface area contributed by atoms with Crippen molar-refractivity contribution in [2.75, 3.05) is 24.5 Å². The van der Waals surface area contributed by atoms with Crippen LogP contribution in [-0.4, -0.2) is 51.4 Å². The van der Waals surface area contributed by atoms with Crippen LogP contribution in [0.25, 0.3) is 0 Å². The molecule has 0 aliphatic heterocycles. The van der Waals surface area contributed by atoms with Gasteiger partial charge in [-0.05, 0) is 55.3 Å². The Morgan fingerprint density at radius 1 is 0.927 bits per heavy atom. The highest BCUT2D eigenvalue weighted by Crippen LogP contribution is 2.35. The molecule has 0 unspecified atom stereocenters. The summed E-state index contributed by atoms with van der Waals surface area (Å²) >= 11 is 19.1. The molecule has 0 heterocycles. The monoisotopic (exact) mass is 639 g/mol. The van der Waals surface area contributed by atoms with Crippen molar-refractivity contribution in [3.05, 3.63) is 87.4 Å².